The van der Waals surface area contributed by atoms with Crippen LogP contribution in [0.2, 0.25) is 0 Å². The number of hydrazine groups is 1. The number of carbonyl (C=O) groups is 1. The highest BCUT2D eigenvalue weighted by Gasteiger charge is 2.29. The summed E-state index contributed by atoms with van der Waals surface area (Å²) in [5, 5.41) is 8.37. The molecule has 0 radical (unpaired) electrons. The molecular weight excluding hydrogens is 294 g/mol. The van der Waals surface area contributed by atoms with Gasteiger partial charge in [0.15, 0.2) is 5.70 Å². The minimum Gasteiger partial charge on any atom is -0.494 e. The van der Waals surface area contributed by atoms with Gasteiger partial charge in [-0.3, -0.25) is 0 Å². The minimum atomic E-state index is -0.592. The Morgan fingerprint density at radius 1 is 1.52 bits per heavy atom. The first-order valence-electron chi connectivity index (χ1n) is 6.02. The maximum Gasteiger partial charge on any atom is 0.378 e. The van der Waals surface area contributed by atoms with Gasteiger partial charge in [-0.05, 0) is 43.4 Å². The largest absolute Gasteiger partial charge is 0.494 e. The van der Waals surface area contributed by atoms with E-state index >= 15 is 0 Å². The van der Waals surface area contributed by atoms with Crippen LogP contribution in [0.15, 0.2) is 46.4 Å². The smallest absolute Gasteiger partial charge is 0.378 e. The maximum atomic E-state index is 11.6. The van der Waals surface area contributed by atoms with Crippen molar-refractivity contribution in [2.24, 2.45) is 16.0 Å². The Morgan fingerprint density at radius 2 is 2.24 bits per heavy atom. The van der Waals surface area contributed by atoms with E-state index in [1.807, 2.05) is 6.92 Å². The van der Waals surface area contributed by atoms with E-state index in [0.29, 0.717) is 12.3 Å². The lowest BCUT2D eigenvalue weighted by Gasteiger charge is -2.15. The Balaban J connectivity index is 2.20. The number of nitrogens with one attached hydrogen (secondary N) is 1. The van der Waals surface area contributed by atoms with Crippen LogP contribution < -0.4 is 21.1 Å². The second kappa shape index (κ2) is 6.77. The quantitative estimate of drug-likeness (QED) is 0.492. The summed E-state index contributed by atoms with van der Waals surface area (Å²) in [7, 11) is 0. The number of nitrogens with two attached hydrogens (primary N) is 1. The number of thiocarbonyl (C=S) groups is 1. The van der Waals surface area contributed by atoms with Crippen LogP contribution in [-0.4, -0.2) is 17.7 Å². The highest BCUT2D eigenvalue weighted by Crippen LogP contribution is 2.24. The molecule has 0 atom stereocenters. The van der Waals surface area contributed by atoms with E-state index in [4.69, 9.17) is 15.3 Å². The summed E-state index contributed by atoms with van der Waals surface area (Å²) in [4.78, 5) is 16.4. The number of hydrogen-bond acceptors (Lipinski definition) is 7. The van der Waals surface area contributed by atoms with Gasteiger partial charge in [0.2, 0.25) is 5.11 Å². The molecule has 9 heteroatoms. The van der Waals surface area contributed by atoms with Crippen LogP contribution in [0.3, 0.4) is 0 Å². The van der Waals surface area contributed by atoms with Gasteiger partial charge < -0.3 is 15.3 Å². The fourth-order valence-corrected chi connectivity index (χ4v) is 1.63. The maximum absolute atomic E-state index is 11.6. The number of anilines is 1. The molecule has 0 spiro atoms. The van der Waals surface area contributed by atoms with E-state index in [1.54, 1.807) is 24.3 Å². The third kappa shape index (κ3) is 3.74. The third-order valence-corrected chi connectivity index (χ3v) is 2.50. The van der Waals surface area contributed by atoms with Gasteiger partial charge >= 0.3 is 5.97 Å². The molecule has 1 fully saturated rings. The van der Waals surface area contributed by atoms with Gasteiger partial charge in [-0.1, -0.05) is 5.59 Å². The van der Waals surface area contributed by atoms with Crippen molar-refractivity contribution in [3.8, 4) is 5.75 Å². The van der Waals surface area contributed by atoms with Crippen molar-refractivity contribution in [2.45, 2.75) is 6.92 Å². The van der Waals surface area contributed by atoms with Crippen LogP contribution in [0.4, 0.5) is 5.69 Å². The Hall–Kier alpha value is -2.52. The topological polar surface area (TPSA) is 102 Å². The Bertz CT molecular complexity index is 599. The Morgan fingerprint density at radius 3 is 2.86 bits per heavy atom. The molecule has 0 bridgehead atoms. The Kier molecular flexibility index (Phi) is 4.80. The summed E-state index contributed by atoms with van der Waals surface area (Å²) in [6.07, 6.45) is 1.21. The van der Waals surface area contributed by atoms with Gasteiger partial charge in [0.25, 0.3) is 0 Å². The molecular formula is C12H13N5O3S. The van der Waals surface area contributed by atoms with E-state index in [2.05, 4.69) is 28.0 Å². The first kappa shape index (κ1) is 14.9. The predicted molar refractivity (Wildman–Crippen MR) is 79.0 cm³/mol. The average molecular weight is 307 g/mol. The van der Waals surface area contributed by atoms with Crippen LogP contribution in [0.1, 0.15) is 6.92 Å². The number of nitrogens with zero attached hydrogens (tertiary/aromatic N) is 3. The highest BCUT2D eigenvalue weighted by molar-refractivity contribution is 7.80. The van der Waals surface area contributed by atoms with Gasteiger partial charge in [-0.2, -0.15) is 5.11 Å². The second-order valence-corrected chi connectivity index (χ2v) is 4.23. The molecule has 8 nitrogen and oxygen atoms in total. The summed E-state index contributed by atoms with van der Waals surface area (Å²) in [5.74, 6) is 0.136. The molecule has 1 saturated heterocycles. The van der Waals surface area contributed by atoms with Crippen LogP contribution in [0.25, 0.3) is 0 Å². The first-order valence-corrected chi connectivity index (χ1v) is 6.43. The molecule has 0 aromatic heterocycles. The fraction of sp³-hybridized carbons (Fsp3) is 0.167. The van der Waals surface area contributed by atoms with E-state index < -0.39 is 5.97 Å². The summed E-state index contributed by atoms with van der Waals surface area (Å²) < 4.78 is 5.35. The molecule has 0 unspecified atom stereocenters. The number of carbonyl (C=O) groups excluding carboxylic acids is 1. The number of hydrogen-bond donors (Lipinski definition) is 2. The van der Waals surface area contributed by atoms with Crippen LogP contribution in [0.5, 0.6) is 5.75 Å². The summed E-state index contributed by atoms with van der Waals surface area (Å²) in [5.41, 5.74) is 8.48. The molecule has 2 rings (SSSR count). The lowest BCUT2D eigenvalue weighted by Crippen LogP contribution is -2.28. The minimum absolute atomic E-state index is 0.126. The van der Waals surface area contributed by atoms with E-state index in [0.717, 1.165) is 5.75 Å². The van der Waals surface area contributed by atoms with Crippen LogP contribution >= 0.6 is 12.2 Å². The van der Waals surface area contributed by atoms with Gasteiger partial charge in [-0.15, -0.1) is 5.11 Å². The first-order chi connectivity index (χ1) is 10.1. The molecule has 1 aromatic carbocycles. The van der Waals surface area contributed by atoms with Gasteiger partial charge in [0, 0.05) is 0 Å². The van der Waals surface area contributed by atoms with Crippen LogP contribution in [0, 0.1) is 0 Å². The summed E-state index contributed by atoms with van der Waals surface area (Å²) in [6, 6.07) is 7.08. The molecule has 1 heterocycles. The Labute approximate surface area is 126 Å². The molecule has 0 amide bonds. The predicted octanol–water partition coefficient (Wildman–Crippen LogP) is 1.41. The van der Waals surface area contributed by atoms with Crippen molar-refractivity contribution in [3.05, 3.63) is 36.2 Å². The van der Waals surface area contributed by atoms with E-state index in [1.165, 1.54) is 11.2 Å². The van der Waals surface area contributed by atoms with Crippen molar-refractivity contribution in [3.63, 3.8) is 0 Å². The normalized spacial score (nSPS) is 16.5. The number of rotatable bonds is 4. The second-order valence-electron chi connectivity index (χ2n) is 3.81. The lowest BCUT2D eigenvalue weighted by molar-refractivity contribution is -0.140. The lowest BCUT2D eigenvalue weighted by atomic mass is 10.3. The zero-order valence-electron chi connectivity index (χ0n) is 11.1. The highest BCUT2D eigenvalue weighted by atomic mass is 32.1. The van der Waals surface area contributed by atoms with Gasteiger partial charge in [0.1, 0.15) is 5.75 Å². The van der Waals surface area contributed by atoms with Gasteiger partial charge in [0.05, 0.1) is 18.5 Å². The molecule has 1 aliphatic heterocycles. The summed E-state index contributed by atoms with van der Waals surface area (Å²) in [6.45, 7) is 2.48. The molecule has 21 heavy (non-hydrogen) atoms. The SMILES string of the molecule is CCOc1ccc(N2NOC(=O)/C2=C\N=NC(N)=S)cc1. The zero-order valence-corrected chi connectivity index (χ0v) is 12.0. The molecule has 3 N–H and O–H groups in total. The fourth-order valence-electron chi connectivity index (χ4n) is 1.58. The van der Waals surface area contributed by atoms with Crippen molar-refractivity contribution < 1.29 is 14.4 Å². The van der Waals surface area contributed by atoms with Crippen molar-refractivity contribution in [1.82, 2.24) is 5.59 Å². The number of ether oxygens (including phenoxy) is 1. The standard InChI is InChI=1S/C12H13N5O3S/c1-2-19-9-5-3-8(4-6-9)17-10(11(18)20-16-17)7-14-15-12(13)21/h3-7,16H,2H2,1H3,(H2,13,21)/b10-7+,15-14?. The van der Waals surface area contributed by atoms with Crippen molar-refractivity contribution >= 4 is 29.0 Å². The van der Waals surface area contributed by atoms with Crippen molar-refractivity contribution in [2.75, 3.05) is 11.6 Å². The monoisotopic (exact) mass is 307 g/mol. The average Bonchev–Trinajstić information content (AvgIpc) is 2.81. The molecule has 110 valence electrons. The number of benzene rings is 1. The van der Waals surface area contributed by atoms with Crippen LogP contribution in [-0.2, 0) is 9.63 Å². The van der Waals surface area contributed by atoms with E-state index in [9.17, 15) is 4.79 Å². The molecule has 0 saturated carbocycles. The zero-order chi connectivity index (χ0) is 15.2. The molecule has 0 aliphatic carbocycles. The molecule has 1 aliphatic rings. The number of azo groups is 1. The summed E-state index contributed by atoms with van der Waals surface area (Å²) >= 11 is 4.56. The third-order valence-electron chi connectivity index (χ3n) is 2.42. The molecule has 1 aromatic rings. The van der Waals surface area contributed by atoms with E-state index in [-0.39, 0.29) is 10.8 Å². The van der Waals surface area contributed by atoms with Gasteiger partial charge in [-0.25, -0.2) is 9.80 Å². The van der Waals surface area contributed by atoms with Crippen molar-refractivity contribution in [1.29, 1.82) is 0 Å².